The van der Waals surface area contributed by atoms with Gasteiger partial charge >= 0.3 is 0 Å². The van der Waals surface area contributed by atoms with Crippen LogP contribution in [0, 0.1) is 0 Å². The molecule has 2 heterocycles. The topological polar surface area (TPSA) is 46.9 Å². The molecule has 1 aromatic carbocycles. The van der Waals surface area contributed by atoms with Gasteiger partial charge in [0.1, 0.15) is 0 Å². The van der Waals surface area contributed by atoms with Crippen molar-refractivity contribution in [3.05, 3.63) is 61.7 Å². The van der Waals surface area contributed by atoms with Crippen molar-refractivity contribution in [2.45, 2.75) is 19.5 Å². The van der Waals surface area contributed by atoms with Crippen LogP contribution < -0.4 is 10.9 Å². The molecule has 0 fully saturated rings. The smallest absolute Gasteiger partial charge is 0.257 e. The molecule has 104 valence electrons. The predicted molar refractivity (Wildman–Crippen MR) is 79.5 cm³/mol. The van der Waals surface area contributed by atoms with Crippen LogP contribution in [0.1, 0.15) is 16.8 Å². The Kier molecular flexibility index (Phi) is 3.78. The number of nitrogens with one attached hydrogen (secondary N) is 1. The summed E-state index contributed by atoms with van der Waals surface area (Å²) in [7, 11) is 0. The molecule has 0 radical (unpaired) electrons. The minimum absolute atomic E-state index is 0.0302. The quantitative estimate of drug-likeness (QED) is 0.925. The van der Waals surface area contributed by atoms with Gasteiger partial charge in [-0.2, -0.15) is 0 Å². The highest BCUT2D eigenvalue weighted by molar-refractivity contribution is 6.42. The van der Waals surface area contributed by atoms with Gasteiger partial charge in [0.05, 0.1) is 28.6 Å². The third-order valence-electron chi connectivity index (χ3n) is 3.40. The van der Waals surface area contributed by atoms with E-state index in [9.17, 15) is 4.79 Å². The van der Waals surface area contributed by atoms with Gasteiger partial charge in [-0.15, -0.1) is 0 Å². The molecule has 20 heavy (non-hydrogen) atoms. The van der Waals surface area contributed by atoms with Crippen LogP contribution in [0.25, 0.3) is 0 Å². The van der Waals surface area contributed by atoms with Crippen LogP contribution in [0.3, 0.4) is 0 Å². The van der Waals surface area contributed by atoms with Gasteiger partial charge in [0, 0.05) is 12.1 Å². The first-order chi connectivity index (χ1) is 9.65. The van der Waals surface area contributed by atoms with Gasteiger partial charge in [-0.05, 0) is 30.7 Å². The van der Waals surface area contributed by atoms with E-state index >= 15 is 0 Å². The lowest BCUT2D eigenvalue weighted by Gasteiger charge is -2.17. The Morgan fingerprint density at radius 3 is 2.95 bits per heavy atom. The fraction of sp³-hybridized carbons (Fsp3) is 0.286. The first-order valence-corrected chi connectivity index (χ1v) is 7.12. The van der Waals surface area contributed by atoms with Gasteiger partial charge in [-0.25, -0.2) is 4.98 Å². The van der Waals surface area contributed by atoms with E-state index in [0.717, 1.165) is 29.8 Å². The molecular formula is C14H13Cl2N3O. The maximum Gasteiger partial charge on any atom is 0.257 e. The molecule has 0 unspecified atom stereocenters. The average molecular weight is 310 g/mol. The molecule has 0 saturated heterocycles. The Hall–Kier alpha value is -1.36. The highest BCUT2D eigenvalue weighted by Crippen LogP contribution is 2.22. The Labute approximate surface area is 126 Å². The van der Waals surface area contributed by atoms with E-state index < -0.39 is 0 Å². The highest BCUT2D eigenvalue weighted by Gasteiger charge is 2.15. The molecular weight excluding hydrogens is 297 g/mol. The third-order valence-corrected chi connectivity index (χ3v) is 4.14. The maximum absolute atomic E-state index is 12.4. The molecule has 0 saturated carbocycles. The number of rotatable bonds is 2. The van der Waals surface area contributed by atoms with Crippen molar-refractivity contribution in [3.8, 4) is 0 Å². The van der Waals surface area contributed by atoms with Crippen molar-refractivity contribution < 1.29 is 0 Å². The van der Waals surface area contributed by atoms with E-state index in [2.05, 4.69) is 10.3 Å². The number of nitrogens with zero attached hydrogens (tertiary/aromatic N) is 2. The molecule has 1 aliphatic heterocycles. The first-order valence-electron chi connectivity index (χ1n) is 6.37. The Morgan fingerprint density at radius 2 is 2.15 bits per heavy atom. The first kappa shape index (κ1) is 13.6. The van der Waals surface area contributed by atoms with Crippen molar-refractivity contribution in [1.82, 2.24) is 14.9 Å². The van der Waals surface area contributed by atoms with Crippen LogP contribution in [0.15, 0.2) is 29.3 Å². The molecule has 1 N–H and O–H groups in total. The predicted octanol–water partition coefficient (Wildman–Crippen LogP) is 2.24. The van der Waals surface area contributed by atoms with Gasteiger partial charge in [-0.3, -0.25) is 9.36 Å². The average Bonchev–Trinajstić information content (AvgIpc) is 2.46. The van der Waals surface area contributed by atoms with E-state index in [0.29, 0.717) is 23.1 Å². The van der Waals surface area contributed by atoms with Crippen LogP contribution in [0.2, 0.25) is 10.0 Å². The Bertz CT molecular complexity index is 712. The van der Waals surface area contributed by atoms with Crippen LogP contribution in [-0.4, -0.2) is 16.1 Å². The number of fused-ring (bicyclic) bond motifs is 1. The summed E-state index contributed by atoms with van der Waals surface area (Å²) < 4.78 is 1.61. The molecule has 0 amide bonds. The van der Waals surface area contributed by atoms with Crippen molar-refractivity contribution in [1.29, 1.82) is 0 Å². The normalized spacial score (nSPS) is 14.1. The molecule has 6 heteroatoms. The number of hydrogen-bond acceptors (Lipinski definition) is 3. The standard InChI is InChI=1S/C14H13Cl2N3O/c15-11-2-1-9(5-12(11)16)7-19-8-18-13-6-17-4-3-10(13)14(19)20/h1-2,5,8,17H,3-4,6-7H2. The summed E-state index contributed by atoms with van der Waals surface area (Å²) in [5.41, 5.74) is 2.62. The zero-order chi connectivity index (χ0) is 14.1. The van der Waals surface area contributed by atoms with Crippen LogP contribution >= 0.6 is 23.2 Å². The van der Waals surface area contributed by atoms with E-state index in [4.69, 9.17) is 23.2 Å². The summed E-state index contributed by atoms with van der Waals surface area (Å²) in [6, 6.07) is 5.37. The lowest BCUT2D eigenvalue weighted by molar-refractivity contribution is 0.596. The maximum atomic E-state index is 12.4. The number of benzene rings is 1. The van der Waals surface area contributed by atoms with Crippen LogP contribution in [0.4, 0.5) is 0 Å². The van der Waals surface area contributed by atoms with Crippen LogP contribution in [0.5, 0.6) is 0 Å². The van der Waals surface area contributed by atoms with Gasteiger partial charge in [-0.1, -0.05) is 29.3 Å². The van der Waals surface area contributed by atoms with E-state index in [-0.39, 0.29) is 5.56 Å². The number of hydrogen-bond donors (Lipinski definition) is 1. The van der Waals surface area contributed by atoms with Crippen molar-refractivity contribution in [3.63, 3.8) is 0 Å². The minimum Gasteiger partial charge on any atom is -0.311 e. The van der Waals surface area contributed by atoms with E-state index in [1.54, 1.807) is 23.0 Å². The Balaban J connectivity index is 1.95. The highest BCUT2D eigenvalue weighted by atomic mass is 35.5. The zero-order valence-electron chi connectivity index (χ0n) is 10.7. The number of aromatic nitrogens is 2. The summed E-state index contributed by atoms with van der Waals surface area (Å²) in [5, 5.41) is 4.21. The van der Waals surface area contributed by atoms with Crippen LogP contribution in [-0.2, 0) is 19.5 Å². The molecule has 0 bridgehead atoms. The molecule has 0 spiro atoms. The monoisotopic (exact) mass is 309 g/mol. The molecule has 1 aromatic heterocycles. The van der Waals surface area contributed by atoms with Gasteiger partial charge in [0.15, 0.2) is 0 Å². The van der Waals surface area contributed by atoms with Gasteiger partial charge in [0.25, 0.3) is 5.56 Å². The summed E-state index contributed by atoms with van der Waals surface area (Å²) in [6.07, 6.45) is 2.32. The van der Waals surface area contributed by atoms with Gasteiger partial charge in [0.2, 0.25) is 0 Å². The number of halogens is 2. The molecule has 4 nitrogen and oxygen atoms in total. The second kappa shape index (κ2) is 5.56. The summed E-state index contributed by atoms with van der Waals surface area (Å²) in [6.45, 7) is 1.93. The van der Waals surface area contributed by atoms with Gasteiger partial charge < -0.3 is 5.32 Å². The molecule has 0 aliphatic carbocycles. The fourth-order valence-corrected chi connectivity index (χ4v) is 2.66. The molecule has 1 aliphatic rings. The lowest BCUT2D eigenvalue weighted by atomic mass is 10.1. The largest absolute Gasteiger partial charge is 0.311 e. The SMILES string of the molecule is O=c1c2c(ncn1Cc1ccc(Cl)c(Cl)c1)CNCC2. The summed E-state index contributed by atoms with van der Waals surface area (Å²) in [5.74, 6) is 0. The van der Waals surface area contributed by atoms with Crippen molar-refractivity contribution >= 4 is 23.2 Å². The molecule has 2 aromatic rings. The fourth-order valence-electron chi connectivity index (χ4n) is 2.34. The van der Waals surface area contributed by atoms with Crippen molar-refractivity contribution in [2.24, 2.45) is 0 Å². The van der Waals surface area contributed by atoms with E-state index in [1.165, 1.54) is 0 Å². The molecule has 3 rings (SSSR count). The minimum atomic E-state index is 0.0302. The second-order valence-electron chi connectivity index (χ2n) is 4.78. The zero-order valence-corrected chi connectivity index (χ0v) is 12.2. The summed E-state index contributed by atoms with van der Waals surface area (Å²) in [4.78, 5) is 16.8. The lowest BCUT2D eigenvalue weighted by Crippen LogP contribution is -2.34. The Morgan fingerprint density at radius 1 is 1.30 bits per heavy atom. The molecule has 0 atom stereocenters. The third kappa shape index (κ3) is 2.59. The summed E-state index contributed by atoms with van der Waals surface area (Å²) >= 11 is 11.9. The van der Waals surface area contributed by atoms with E-state index in [1.807, 2.05) is 6.07 Å². The van der Waals surface area contributed by atoms with Crippen molar-refractivity contribution in [2.75, 3.05) is 6.54 Å². The second-order valence-corrected chi connectivity index (χ2v) is 5.59.